The molecule has 3 N–H and O–H groups in total. The number of aryl methyl sites for hydroxylation is 1. The van der Waals surface area contributed by atoms with E-state index in [4.69, 9.17) is 5.73 Å². The van der Waals surface area contributed by atoms with E-state index in [-0.39, 0.29) is 17.1 Å². The Balaban J connectivity index is 2.30. The zero-order valence-corrected chi connectivity index (χ0v) is 11.0. The van der Waals surface area contributed by atoms with Gasteiger partial charge in [0.1, 0.15) is 5.82 Å². The molecule has 0 unspecified atom stereocenters. The number of hydrogen-bond donors (Lipinski definition) is 2. The van der Waals surface area contributed by atoms with Gasteiger partial charge < -0.3 is 11.1 Å². The molecular weight excluding hydrogens is 303 g/mol. The first-order valence-electron chi connectivity index (χ1n) is 5.03. The second kappa shape index (κ2) is 4.77. The molecule has 0 bridgehead atoms. The van der Waals surface area contributed by atoms with Gasteiger partial charge in [-0.25, -0.2) is 4.39 Å². The molecule has 0 spiro atoms. The molecule has 2 rings (SSSR count). The van der Waals surface area contributed by atoms with Crippen LogP contribution in [-0.4, -0.2) is 15.7 Å². The molecule has 1 aromatic heterocycles. The topological polar surface area (TPSA) is 72.9 Å². The third kappa shape index (κ3) is 2.35. The van der Waals surface area contributed by atoms with Crippen LogP contribution < -0.4 is 11.1 Å². The lowest BCUT2D eigenvalue weighted by Gasteiger charge is -2.07. The van der Waals surface area contributed by atoms with Crippen molar-refractivity contribution in [3.63, 3.8) is 0 Å². The van der Waals surface area contributed by atoms with Gasteiger partial charge in [0.25, 0.3) is 5.91 Å². The first kappa shape index (κ1) is 12.6. The molecule has 0 saturated heterocycles. The minimum absolute atomic E-state index is 0.0625. The highest BCUT2D eigenvalue weighted by Gasteiger charge is 2.17. The van der Waals surface area contributed by atoms with Crippen molar-refractivity contribution in [3.8, 4) is 0 Å². The second-order valence-corrected chi connectivity index (χ2v) is 4.51. The smallest absolute Gasteiger partial charge is 0.278 e. The zero-order chi connectivity index (χ0) is 13.3. The molecule has 18 heavy (non-hydrogen) atoms. The standard InChI is InChI=1S/C11H10BrFN4O/c1-17-5-8(14)10(16-17)11(18)15-9-6(12)3-2-4-7(9)13/h2-5H,14H2,1H3,(H,15,18). The van der Waals surface area contributed by atoms with Crippen LogP contribution in [0.3, 0.4) is 0 Å². The number of nitrogens with zero attached hydrogens (tertiary/aromatic N) is 2. The minimum Gasteiger partial charge on any atom is -0.396 e. The number of rotatable bonds is 2. The maximum Gasteiger partial charge on any atom is 0.278 e. The summed E-state index contributed by atoms with van der Waals surface area (Å²) >= 11 is 3.16. The minimum atomic E-state index is -0.557. The largest absolute Gasteiger partial charge is 0.396 e. The highest BCUT2D eigenvalue weighted by Crippen LogP contribution is 2.25. The van der Waals surface area contributed by atoms with Gasteiger partial charge in [-0.05, 0) is 28.1 Å². The molecule has 0 fully saturated rings. The summed E-state index contributed by atoms with van der Waals surface area (Å²) in [6.07, 6.45) is 1.51. The molecule has 0 saturated carbocycles. The van der Waals surface area contributed by atoms with Gasteiger partial charge in [0.2, 0.25) is 0 Å². The summed E-state index contributed by atoms with van der Waals surface area (Å²) in [4.78, 5) is 11.9. The van der Waals surface area contributed by atoms with E-state index in [2.05, 4.69) is 26.3 Å². The number of nitrogens with two attached hydrogens (primary N) is 1. The monoisotopic (exact) mass is 312 g/mol. The number of nitrogen functional groups attached to an aromatic ring is 1. The van der Waals surface area contributed by atoms with Gasteiger partial charge in [0, 0.05) is 17.7 Å². The zero-order valence-electron chi connectivity index (χ0n) is 9.45. The SMILES string of the molecule is Cn1cc(N)c(C(=O)Nc2c(F)cccc2Br)n1. The summed E-state index contributed by atoms with van der Waals surface area (Å²) in [6.45, 7) is 0. The molecule has 1 aromatic carbocycles. The van der Waals surface area contributed by atoms with Crippen LogP contribution in [0.4, 0.5) is 15.8 Å². The van der Waals surface area contributed by atoms with Gasteiger partial charge in [-0.2, -0.15) is 5.10 Å². The van der Waals surface area contributed by atoms with Gasteiger partial charge in [-0.15, -0.1) is 0 Å². The number of anilines is 2. The Labute approximate surface area is 111 Å². The molecule has 5 nitrogen and oxygen atoms in total. The second-order valence-electron chi connectivity index (χ2n) is 3.66. The Bertz CT molecular complexity index is 591. The first-order chi connectivity index (χ1) is 8.49. The fraction of sp³-hybridized carbons (Fsp3) is 0.0909. The van der Waals surface area contributed by atoms with Crippen molar-refractivity contribution in [3.05, 3.63) is 40.4 Å². The van der Waals surface area contributed by atoms with Gasteiger partial charge in [-0.3, -0.25) is 9.48 Å². The van der Waals surface area contributed by atoms with Crippen LogP contribution in [-0.2, 0) is 7.05 Å². The highest BCUT2D eigenvalue weighted by molar-refractivity contribution is 9.10. The molecule has 2 aromatic rings. The van der Waals surface area contributed by atoms with Crippen LogP contribution in [0.2, 0.25) is 0 Å². The van der Waals surface area contributed by atoms with E-state index in [1.54, 1.807) is 13.1 Å². The summed E-state index contributed by atoms with van der Waals surface area (Å²) < 4.78 is 15.4. The number of carbonyl (C=O) groups excluding carboxylic acids is 1. The van der Waals surface area contributed by atoms with Crippen LogP contribution in [0.15, 0.2) is 28.9 Å². The Morgan fingerprint density at radius 3 is 2.83 bits per heavy atom. The number of aromatic nitrogens is 2. The van der Waals surface area contributed by atoms with Crippen molar-refractivity contribution in [2.45, 2.75) is 0 Å². The molecule has 1 amide bonds. The van der Waals surface area contributed by atoms with Crippen molar-refractivity contribution < 1.29 is 9.18 Å². The predicted molar refractivity (Wildman–Crippen MR) is 69.7 cm³/mol. The van der Waals surface area contributed by atoms with Crippen LogP contribution in [0.5, 0.6) is 0 Å². The Kier molecular flexibility index (Phi) is 3.33. The fourth-order valence-electron chi connectivity index (χ4n) is 1.47. The van der Waals surface area contributed by atoms with Gasteiger partial charge in [0.05, 0.1) is 11.4 Å². The van der Waals surface area contributed by atoms with E-state index in [1.165, 1.54) is 23.0 Å². The fourth-order valence-corrected chi connectivity index (χ4v) is 1.91. The van der Waals surface area contributed by atoms with Crippen molar-refractivity contribution in [2.75, 3.05) is 11.1 Å². The summed E-state index contributed by atoms with van der Waals surface area (Å²) in [5, 5.41) is 6.34. The summed E-state index contributed by atoms with van der Waals surface area (Å²) in [5.41, 5.74) is 5.99. The number of benzene rings is 1. The lowest BCUT2D eigenvalue weighted by Crippen LogP contribution is -2.15. The lowest BCUT2D eigenvalue weighted by molar-refractivity contribution is 0.102. The van der Waals surface area contributed by atoms with Crippen LogP contribution in [0.25, 0.3) is 0 Å². The van der Waals surface area contributed by atoms with E-state index in [9.17, 15) is 9.18 Å². The molecule has 0 atom stereocenters. The summed E-state index contributed by atoms with van der Waals surface area (Å²) in [5.74, 6) is -1.09. The van der Waals surface area contributed by atoms with Crippen LogP contribution in [0.1, 0.15) is 10.5 Å². The van der Waals surface area contributed by atoms with Gasteiger partial charge >= 0.3 is 0 Å². The lowest BCUT2D eigenvalue weighted by atomic mass is 10.3. The molecule has 0 radical (unpaired) electrons. The highest BCUT2D eigenvalue weighted by atomic mass is 79.9. The number of para-hydroxylation sites is 1. The van der Waals surface area contributed by atoms with Crippen molar-refractivity contribution in [2.24, 2.45) is 7.05 Å². The van der Waals surface area contributed by atoms with E-state index in [0.29, 0.717) is 4.47 Å². The molecule has 7 heteroatoms. The van der Waals surface area contributed by atoms with E-state index in [0.717, 1.165) is 0 Å². The van der Waals surface area contributed by atoms with Gasteiger partial charge in [0.15, 0.2) is 5.69 Å². The van der Waals surface area contributed by atoms with E-state index in [1.807, 2.05) is 0 Å². The third-order valence-electron chi connectivity index (χ3n) is 2.27. The van der Waals surface area contributed by atoms with Gasteiger partial charge in [-0.1, -0.05) is 6.07 Å². The van der Waals surface area contributed by atoms with Crippen LogP contribution >= 0.6 is 15.9 Å². The molecule has 0 aliphatic carbocycles. The van der Waals surface area contributed by atoms with E-state index < -0.39 is 11.7 Å². The Hall–Kier alpha value is -1.89. The van der Waals surface area contributed by atoms with Crippen molar-refractivity contribution >= 4 is 33.2 Å². The average Bonchev–Trinajstić information content (AvgIpc) is 2.63. The molecule has 0 aliphatic rings. The summed E-state index contributed by atoms with van der Waals surface area (Å²) in [7, 11) is 1.64. The quantitative estimate of drug-likeness (QED) is 0.892. The molecular formula is C11H10BrFN4O. The van der Waals surface area contributed by atoms with E-state index >= 15 is 0 Å². The summed E-state index contributed by atoms with van der Waals surface area (Å²) in [6, 6.07) is 4.41. The number of amides is 1. The maximum absolute atomic E-state index is 13.5. The maximum atomic E-state index is 13.5. The molecule has 94 valence electrons. The number of nitrogens with one attached hydrogen (secondary N) is 1. The Morgan fingerprint density at radius 2 is 2.28 bits per heavy atom. The number of halogens is 2. The molecule has 0 aliphatic heterocycles. The average molecular weight is 313 g/mol. The third-order valence-corrected chi connectivity index (χ3v) is 2.93. The number of carbonyl (C=O) groups is 1. The van der Waals surface area contributed by atoms with Crippen molar-refractivity contribution in [1.82, 2.24) is 9.78 Å². The predicted octanol–water partition coefficient (Wildman–Crippen LogP) is 2.16. The van der Waals surface area contributed by atoms with Crippen molar-refractivity contribution in [1.29, 1.82) is 0 Å². The normalized spacial score (nSPS) is 10.4. The number of hydrogen-bond acceptors (Lipinski definition) is 3. The first-order valence-corrected chi connectivity index (χ1v) is 5.83. The van der Waals surface area contributed by atoms with Crippen LogP contribution in [0, 0.1) is 5.82 Å². The molecule has 1 heterocycles. The Morgan fingerprint density at radius 1 is 1.56 bits per heavy atom.